The number of carbonyl (C=O) groups excluding carboxylic acids is 2. The smallest absolute Gasteiger partial charge is 0.295 e. The van der Waals surface area contributed by atoms with Gasteiger partial charge in [-0.2, -0.15) is 0 Å². The van der Waals surface area contributed by atoms with Gasteiger partial charge in [0.05, 0.1) is 24.8 Å². The summed E-state index contributed by atoms with van der Waals surface area (Å²) in [5, 5.41) is 11.8. The lowest BCUT2D eigenvalue weighted by Gasteiger charge is -2.28. The van der Waals surface area contributed by atoms with Gasteiger partial charge in [0.15, 0.2) is 0 Å². The van der Waals surface area contributed by atoms with Crippen LogP contribution < -0.4 is 4.74 Å². The molecule has 8 heteroatoms. The molecule has 2 heterocycles. The van der Waals surface area contributed by atoms with Crippen LogP contribution in [0.5, 0.6) is 5.75 Å². The highest BCUT2D eigenvalue weighted by molar-refractivity contribution is 6.47. The molecule has 2 aromatic rings. The second-order valence-electron chi connectivity index (χ2n) is 7.48. The van der Waals surface area contributed by atoms with Crippen LogP contribution in [0.15, 0.2) is 48.0 Å². The van der Waals surface area contributed by atoms with Crippen LogP contribution in [0.2, 0.25) is 10.0 Å². The van der Waals surface area contributed by atoms with Crippen molar-refractivity contribution in [2.24, 2.45) is 0 Å². The fraction of sp³-hybridized carbons (Fsp3) is 0.304. The fourth-order valence-corrected chi connectivity index (χ4v) is 4.54. The van der Waals surface area contributed by atoms with Gasteiger partial charge in [0.1, 0.15) is 11.5 Å². The molecule has 0 radical (unpaired) electrons. The molecule has 0 spiro atoms. The summed E-state index contributed by atoms with van der Waals surface area (Å²) in [4.78, 5) is 27.5. The van der Waals surface area contributed by atoms with E-state index in [-0.39, 0.29) is 24.0 Å². The van der Waals surface area contributed by atoms with Gasteiger partial charge in [-0.15, -0.1) is 0 Å². The summed E-state index contributed by atoms with van der Waals surface area (Å²) in [6.45, 7) is 0.848. The number of hydrogen-bond acceptors (Lipinski definition) is 5. The van der Waals surface area contributed by atoms with Crippen molar-refractivity contribution in [3.8, 4) is 5.75 Å². The molecule has 2 aromatic carbocycles. The van der Waals surface area contributed by atoms with E-state index in [9.17, 15) is 14.7 Å². The number of aliphatic hydroxyl groups is 1. The van der Waals surface area contributed by atoms with Gasteiger partial charge in [0.25, 0.3) is 11.7 Å². The maximum atomic E-state index is 13.0. The highest BCUT2D eigenvalue weighted by Gasteiger charge is 2.47. The number of rotatable bonds is 5. The van der Waals surface area contributed by atoms with Crippen LogP contribution in [-0.2, 0) is 14.3 Å². The topological polar surface area (TPSA) is 76.1 Å². The number of amides is 1. The molecule has 162 valence electrons. The quantitative estimate of drug-likeness (QED) is 0.399. The van der Waals surface area contributed by atoms with Crippen LogP contribution in [0.3, 0.4) is 0 Å². The van der Waals surface area contributed by atoms with Gasteiger partial charge in [-0.3, -0.25) is 9.59 Å². The Balaban J connectivity index is 1.84. The third kappa shape index (κ3) is 4.15. The Morgan fingerprint density at radius 2 is 1.94 bits per heavy atom. The predicted octanol–water partition coefficient (Wildman–Crippen LogP) is 4.60. The second-order valence-corrected chi connectivity index (χ2v) is 8.32. The molecular formula is C23H21Cl2NO5. The molecule has 31 heavy (non-hydrogen) atoms. The molecule has 2 saturated heterocycles. The number of likely N-dealkylation sites (tertiary alicyclic amines) is 1. The first-order valence-electron chi connectivity index (χ1n) is 9.90. The van der Waals surface area contributed by atoms with Crippen molar-refractivity contribution in [2.75, 3.05) is 20.3 Å². The first kappa shape index (κ1) is 21.7. The zero-order valence-corrected chi connectivity index (χ0v) is 18.3. The van der Waals surface area contributed by atoms with Crippen LogP contribution in [0.4, 0.5) is 0 Å². The van der Waals surface area contributed by atoms with Crippen molar-refractivity contribution >= 4 is 40.7 Å². The second kappa shape index (κ2) is 8.91. The summed E-state index contributed by atoms with van der Waals surface area (Å²) in [5.74, 6) is -1.12. The molecular weight excluding hydrogens is 441 g/mol. The van der Waals surface area contributed by atoms with E-state index in [1.54, 1.807) is 42.5 Å². The lowest BCUT2D eigenvalue weighted by Crippen LogP contribution is -2.36. The van der Waals surface area contributed by atoms with Gasteiger partial charge in [-0.05, 0) is 54.8 Å². The van der Waals surface area contributed by atoms with Gasteiger partial charge in [-0.25, -0.2) is 0 Å². The molecule has 0 saturated carbocycles. The lowest BCUT2D eigenvalue weighted by atomic mass is 9.95. The van der Waals surface area contributed by atoms with Crippen molar-refractivity contribution in [1.29, 1.82) is 0 Å². The van der Waals surface area contributed by atoms with E-state index in [1.807, 2.05) is 0 Å². The number of benzene rings is 2. The summed E-state index contributed by atoms with van der Waals surface area (Å²) >= 11 is 12.5. The van der Waals surface area contributed by atoms with Crippen molar-refractivity contribution in [3.05, 3.63) is 69.2 Å². The van der Waals surface area contributed by atoms with Crippen LogP contribution in [0.25, 0.3) is 5.76 Å². The molecule has 6 nitrogen and oxygen atoms in total. The van der Waals surface area contributed by atoms with Crippen LogP contribution >= 0.6 is 23.2 Å². The SMILES string of the molecule is COc1ccc(C(O)=C2C(=O)C(=O)N(CC3CCCO3)C2c2ccc(Cl)cc2Cl)cc1. The Hall–Kier alpha value is -2.54. The van der Waals surface area contributed by atoms with Gasteiger partial charge >= 0.3 is 0 Å². The Labute approximate surface area is 190 Å². The minimum Gasteiger partial charge on any atom is -0.507 e. The third-order valence-electron chi connectivity index (χ3n) is 5.58. The molecule has 0 aromatic heterocycles. The summed E-state index contributed by atoms with van der Waals surface area (Å²) in [5.41, 5.74) is 0.890. The number of halogens is 2. The first-order valence-corrected chi connectivity index (χ1v) is 10.7. The molecule has 1 N–H and O–H groups in total. The largest absolute Gasteiger partial charge is 0.507 e. The number of ether oxygens (including phenoxy) is 2. The Bertz CT molecular complexity index is 1040. The summed E-state index contributed by atoms with van der Waals surface area (Å²) in [6, 6.07) is 10.6. The van der Waals surface area contributed by atoms with E-state index in [2.05, 4.69) is 0 Å². The van der Waals surface area contributed by atoms with E-state index in [4.69, 9.17) is 32.7 Å². The molecule has 0 bridgehead atoms. The van der Waals surface area contributed by atoms with Gasteiger partial charge < -0.3 is 19.5 Å². The van der Waals surface area contributed by atoms with Crippen molar-refractivity contribution in [2.45, 2.75) is 25.0 Å². The first-order chi connectivity index (χ1) is 14.9. The minimum absolute atomic E-state index is 0.0163. The third-order valence-corrected chi connectivity index (χ3v) is 6.15. The average molecular weight is 462 g/mol. The molecule has 2 fully saturated rings. The zero-order chi connectivity index (χ0) is 22.1. The van der Waals surface area contributed by atoms with Crippen LogP contribution in [0.1, 0.15) is 30.0 Å². The number of aliphatic hydroxyl groups excluding tert-OH is 1. The number of carbonyl (C=O) groups is 2. The van der Waals surface area contributed by atoms with E-state index < -0.39 is 17.7 Å². The van der Waals surface area contributed by atoms with E-state index >= 15 is 0 Å². The zero-order valence-electron chi connectivity index (χ0n) is 16.8. The van der Waals surface area contributed by atoms with E-state index in [0.717, 1.165) is 12.8 Å². The summed E-state index contributed by atoms with van der Waals surface area (Å²) in [6.07, 6.45) is 1.52. The monoisotopic (exact) mass is 461 g/mol. The molecule has 2 aliphatic heterocycles. The Morgan fingerprint density at radius 1 is 1.19 bits per heavy atom. The molecule has 2 atom stereocenters. The molecule has 4 rings (SSSR count). The van der Waals surface area contributed by atoms with Crippen LogP contribution in [-0.4, -0.2) is 48.1 Å². The Kier molecular flexibility index (Phi) is 6.23. The fourth-order valence-electron chi connectivity index (χ4n) is 4.03. The summed E-state index contributed by atoms with van der Waals surface area (Å²) < 4.78 is 10.8. The van der Waals surface area contributed by atoms with Gasteiger partial charge in [0, 0.05) is 28.8 Å². The molecule has 2 unspecified atom stereocenters. The molecule has 0 aliphatic carbocycles. The maximum absolute atomic E-state index is 13.0. The van der Waals surface area contributed by atoms with E-state index in [0.29, 0.717) is 33.5 Å². The number of hydrogen-bond donors (Lipinski definition) is 1. The molecule has 1 amide bonds. The minimum atomic E-state index is -0.851. The van der Waals surface area contributed by atoms with Gasteiger partial charge in [-0.1, -0.05) is 29.3 Å². The number of methoxy groups -OCH3 is 1. The maximum Gasteiger partial charge on any atom is 0.295 e. The number of ketones is 1. The van der Waals surface area contributed by atoms with Crippen LogP contribution in [0, 0.1) is 0 Å². The number of Topliss-reactive ketones (excluding diaryl/α,β-unsaturated/α-hetero) is 1. The van der Waals surface area contributed by atoms with Crippen molar-refractivity contribution in [1.82, 2.24) is 4.90 Å². The van der Waals surface area contributed by atoms with Crippen molar-refractivity contribution in [3.63, 3.8) is 0 Å². The lowest BCUT2D eigenvalue weighted by molar-refractivity contribution is -0.140. The number of nitrogens with zero attached hydrogens (tertiary/aromatic N) is 1. The average Bonchev–Trinajstić information content (AvgIpc) is 3.36. The summed E-state index contributed by atoms with van der Waals surface area (Å²) in [7, 11) is 1.54. The highest BCUT2D eigenvalue weighted by Crippen LogP contribution is 2.43. The predicted molar refractivity (Wildman–Crippen MR) is 117 cm³/mol. The molecule has 2 aliphatic rings. The van der Waals surface area contributed by atoms with Crippen molar-refractivity contribution < 1.29 is 24.2 Å². The Morgan fingerprint density at radius 3 is 2.55 bits per heavy atom. The van der Waals surface area contributed by atoms with Gasteiger partial charge in [0.2, 0.25) is 0 Å². The van der Waals surface area contributed by atoms with E-state index in [1.165, 1.54) is 12.0 Å². The normalized spacial score (nSPS) is 22.9. The standard InChI is InChI=1S/C23H21Cl2NO5/c1-30-15-7-4-13(5-8-15)21(27)19-20(17-9-6-14(24)11-18(17)25)26(23(29)22(19)28)12-16-3-2-10-31-16/h4-9,11,16,20,27H,2-3,10,12H2,1H3. The highest BCUT2D eigenvalue weighted by atomic mass is 35.5.